The minimum atomic E-state index is -2.62. The smallest absolute Gasteiger partial charge is 0.261 e. The lowest BCUT2D eigenvalue weighted by Crippen LogP contribution is -2.24. The molecular formula is C27H21F2N9. The molecule has 6 aromatic heterocycles. The van der Waals surface area contributed by atoms with Crippen LogP contribution in [0.15, 0.2) is 67.5 Å². The zero-order valence-electron chi connectivity index (χ0n) is 20.1. The number of hydrogen-bond acceptors (Lipinski definition) is 7. The number of halogens is 2. The van der Waals surface area contributed by atoms with Gasteiger partial charge in [-0.1, -0.05) is 0 Å². The van der Waals surface area contributed by atoms with Crippen LogP contribution in [0, 0.1) is 0 Å². The summed E-state index contributed by atoms with van der Waals surface area (Å²) >= 11 is 0. The van der Waals surface area contributed by atoms with Crippen LogP contribution in [0.25, 0.3) is 56.0 Å². The summed E-state index contributed by atoms with van der Waals surface area (Å²) in [7, 11) is 0. The summed E-state index contributed by atoms with van der Waals surface area (Å²) in [5.41, 5.74) is 7.14. The van der Waals surface area contributed by atoms with E-state index in [0.29, 0.717) is 35.9 Å². The Hall–Kier alpha value is -4.64. The second kappa shape index (κ2) is 8.73. The van der Waals surface area contributed by atoms with Gasteiger partial charge in [-0.3, -0.25) is 25.0 Å². The lowest BCUT2D eigenvalue weighted by Gasteiger charge is -2.15. The van der Waals surface area contributed by atoms with Crippen molar-refractivity contribution in [3.05, 3.63) is 73.1 Å². The van der Waals surface area contributed by atoms with E-state index in [1.807, 2.05) is 30.3 Å². The molecule has 7 rings (SSSR count). The molecule has 0 atom stereocenters. The van der Waals surface area contributed by atoms with Crippen LogP contribution in [0.1, 0.15) is 12.0 Å². The summed E-state index contributed by atoms with van der Waals surface area (Å²) in [6.45, 7) is 0.561. The number of aromatic amines is 2. The van der Waals surface area contributed by atoms with Gasteiger partial charge in [0.15, 0.2) is 11.5 Å². The van der Waals surface area contributed by atoms with E-state index in [0.717, 1.165) is 38.7 Å². The molecule has 188 valence electrons. The highest BCUT2D eigenvalue weighted by Crippen LogP contribution is 2.32. The van der Waals surface area contributed by atoms with Gasteiger partial charge >= 0.3 is 0 Å². The normalized spacial score (nSPS) is 15.5. The van der Waals surface area contributed by atoms with E-state index in [1.165, 1.54) is 0 Å². The van der Waals surface area contributed by atoms with Crippen molar-refractivity contribution in [3.63, 3.8) is 0 Å². The maximum atomic E-state index is 13.6. The molecule has 7 heterocycles. The third-order valence-corrected chi connectivity index (χ3v) is 6.80. The van der Waals surface area contributed by atoms with Gasteiger partial charge in [-0.05, 0) is 41.5 Å². The Balaban J connectivity index is 1.24. The van der Waals surface area contributed by atoms with Crippen LogP contribution in [0.3, 0.4) is 0 Å². The van der Waals surface area contributed by atoms with Crippen LogP contribution < -0.4 is 0 Å². The van der Waals surface area contributed by atoms with Crippen LogP contribution in [0.2, 0.25) is 0 Å². The molecule has 1 fully saturated rings. The number of aromatic nitrogens is 8. The first-order chi connectivity index (χ1) is 18.5. The van der Waals surface area contributed by atoms with Gasteiger partial charge in [0.1, 0.15) is 5.69 Å². The molecule has 9 nitrogen and oxygen atoms in total. The molecule has 0 saturated carbocycles. The molecule has 38 heavy (non-hydrogen) atoms. The average molecular weight is 510 g/mol. The van der Waals surface area contributed by atoms with E-state index < -0.39 is 5.92 Å². The number of pyridine rings is 4. The van der Waals surface area contributed by atoms with Gasteiger partial charge in [0.2, 0.25) is 0 Å². The number of alkyl halides is 2. The SMILES string of the molecule is FC1(F)CCN(Cc2cncc(-c3cc4c(-c5nc6nccc(-c7ccncc7)c6[nH]5)n[nH]c4cn3)c2)C1. The van der Waals surface area contributed by atoms with Crippen molar-refractivity contribution in [1.29, 1.82) is 0 Å². The monoisotopic (exact) mass is 509 g/mol. The first-order valence-corrected chi connectivity index (χ1v) is 12.2. The summed E-state index contributed by atoms with van der Waals surface area (Å²) in [5.74, 6) is -2.04. The summed E-state index contributed by atoms with van der Waals surface area (Å²) in [6.07, 6.45) is 10.3. The number of fused-ring (bicyclic) bond motifs is 2. The maximum Gasteiger partial charge on any atom is 0.261 e. The average Bonchev–Trinajstić information content (AvgIpc) is 3.64. The van der Waals surface area contributed by atoms with E-state index in [2.05, 4.69) is 35.1 Å². The number of nitrogens with zero attached hydrogens (tertiary/aromatic N) is 7. The summed E-state index contributed by atoms with van der Waals surface area (Å²) < 4.78 is 27.2. The largest absolute Gasteiger partial charge is 0.335 e. The number of likely N-dealkylation sites (tertiary alicyclic amines) is 1. The fourth-order valence-electron chi connectivity index (χ4n) is 4.96. The predicted molar refractivity (Wildman–Crippen MR) is 138 cm³/mol. The van der Waals surface area contributed by atoms with Gasteiger partial charge in [0.05, 0.1) is 29.5 Å². The van der Waals surface area contributed by atoms with Gasteiger partial charge in [0.25, 0.3) is 5.92 Å². The van der Waals surface area contributed by atoms with Crippen LogP contribution in [0.4, 0.5) is 8.78 Å². The molecule has 2 N–H and O–H groups in total. The van der Waals surface area contributed by atoms with Crippen molar-refractivity contribution in [2.24, 2.45) is 0 Å². The quantitative estimate of drug-likeness (QED) is 0.341. The van der Waals surface area contributed by atoms with Crippen molar-refractivity contribution in [1.82, 2.24) is 45.0 Å². The lowest BCUT2D eigenvalue weighted by atomic mass is 10.1. The lowest BCUT2D eigenvalue weighted by molar-refractivity contribution is 0.0115. The van der Waals surface area contributed by atoms with Crippen LogP contribution in [-0.4, -0.2) is 64.0 Å². The van der Waals surface area contributed by atoms with E-state index in [9.17, 15) is 8.78 Å². The van der Waals surface area contributed by atoms with Gasteiger partial charge in [-0.25, -0.2) is 18.7 Å². The summed E-state index contributed by atoms with van der Waals surface area (Å²) in [5, 5.41) is 8.37. The molecule has 0 aliphatic carbocycles. The van der Waals surface area contributed by atoms with E-state index in [-0.39, 0.29) is 13.0 Å². The van der Waals surface area contributed by atoms with Gasteiger partial charge in [0, 0.05) is 67.0 Å². The van der Waals surface area contributed by atoms with Crippen molar-refractivity contribution >= 4 is 22.1 Å². The van der Waals surface area contributed by atoms with Crippen molar-refractivity contribution in [3.8, 4) is 33.9 Å². The molecule has 0 spiro atoms. The Morgan fingerprint density at radius 1 is 0.947 bits per heavy atom. The maximum absolute atomic E-state index is 13.6. The predicted octanol–water partition coefficient (Wildman–Crippen LogP) is 4.86. The molecule has 0 radical (unpaired) electrons. The summed E-state index contributed by atoms with van der Waals surface area (Å²) in [4.78, 5) is 27.3. The highest BCUT2D eigenvalue weighted by molar-refractivity contribution is 5.96. The second-order valence-electron chi connectivity index (χ2n) is 9.46. The first-order valence-electron chi connectivity index (χ1n) is 12.2. The third-order valence-electron chi connectivity index (χ3n) is 6.80. The highest BCUT2D eigenvalue weighted by Gasteiger charge is 2.37. The molecule has 0 unspecified atom stereocenters. The number of H-pyrrole nitrogens is 2. The minimum absolute atomic E-state index is 0.108. The molecular weight excluding hydrogens is 488 g/mol. The Morgan fingerprint density at radius 2 is 1.84 bits per heavy atom. The molecule has 1 aliphatic heterocycles. The fourth-order valence-corrected chi connectivity index (χ4v) is 4.96. The van der Waals surface area contributed by atoms with Crippen molar-refractivity contribution in [2.75, 3.05) is 13.1 Å². The standard InChI is InChI=1S/C27H21F2N9/c28-27(29)4-8-38(15-27)14-16-9-18(12-31-11-16)21-10-20-22(13-33-21)36-37-24(20)26-34-23-19(3-7-32-25(23)35-26)17-1-5-30-6-2-17/h1-3,5-7,9-13H,4,8,14-15H2,(H,36,37)(H,32,34,35). The zero-order valence-corrected chi connectivity index (χ0v) is 20.1. The highest BCUT2D eigenvalue weighted by atomic mass is 19.3. The number of imidazole rings is 1. The molecule has 0 amide bonds. The number of rotatable bonds is 5. The molecule has 1 saturated heterocycles. The van der Waals surface area contributed by atoms with Gasteiger partial charge in [-0.2, -0.15) is 5.10 Å². The molecule has 0 bridgehead atoms. The number of hydrogen-bond donors (Lipinski definition) is 2. The second-order valence-corrected chi connectivity index (χ2v) is 9.46. The Kier molecular flexibility index (Phi) is 5.18. The van der Waals surface area contributed by atoms with Crippen LogP contribution >= 0.6 is 0 Å². The Labute approximate surface area is 215 Å². The third kappa shape index (κ3) is 4.06. The van der Waals surface area contributed by atoms with Gasteiger partial charge < -0.3 is 4.98 Å². The molecule has 0 aromatic carbocycles. The molecule has 1 aliphatic rings. The van der Waals surface area contributed by atoms with Crippen LogP contribution in [-0.2, 0) is 6.54 Å². The molecule has 11 heteroatoms. The zero-order chi connectivity index (χ0) is 25.7. The first kappa shape index (κ1) is 22.5. The number of nitrogens with one attached hydrogen (secondary N) is 2. The fraction of sp³-hybridized carbons (Fsp3) is 0.185. The van der Waals surface area contributed by atoms with E-state index >= 15 is 0 Å². The van der Waals surface area contributed by atoms with Crippen molar-refractivity contribution < 1.29 is 8.78 Å². The topological polar surface area (TPSA) is 112 Å². The Bertz CT molecular complexity index is 1780. The summed E-state index contributed by atoms with van der Waals surface area (Å²) in [6, 6.07) is 9.70. The molecule has 6 aromatic rings. The van der Waals surface area contributed by atoms with Crippen LogP contribution in [0.5, 0.6) is 0 Å². The Morgan fingerprint density at radius 3 is 2.68 bits per heavy atom. The van der Waals surface area contributed by atoms with E-state index in [1.54, 1.807) is 42.1 Å². The van der Waals surface area contributed by atoms with Crippen molar-refractivity contribution in [2.45, 2.75) is 18.9 Å². The minimum Gasteiger partial charge on any atom is -0.335 e. The van der Waals surface area contributed by atoms with Gasteiger partial charge in [-0.15, -0.1) is 0 Å². The van der Waals surface area contributed by atoms with E-state index in [4.69, 9.17) is 4.98 Å².